The van der Waals surface area contributed by atoms with Gasteiger partial charge in [-0.3, -0.25) is 0 Å². The van der Waals surface area contributed by atoms with Crippen molar-refractivity contribution < 1.29 is 4.42 Å². The van der Waals surface area contributed by atoms with Crippen LogP contribution >= 0.6 is 27.7 Å². The first-order valence-corrected chi connectivity index (χ1v) is 7.63. The maximum absolute atomic E-state index is 5.79. The predicted octanol–water partition coefficient (Wildman–Crippen LogP) is 2.84. The number of hydrogen-bond donors (Lipinski definition) is 1. The van der Waals surface area contributed by atoms with Crippen LogP contribution in [0.4, 0.5) is 0 Å². The summed E-state index contributed by atoms with van der Waals surface area (Å²) in [5.41, 5.74) is 1.78. The maximum atomic E-state index is 5.79. The van der Waals surface area contributed by atoms with Crippen LogP contribution in [-0.4, -0.2) is 29.1 Å². The van der Waals surface area contributed by atoms with Crippen molar-refractivity contribution in [1.29, 1.82) is 0 Å². The summed E-state index contributed by atoms with van der Waals surface area (Å²) in [4.78, 5) is 4.52. The number of nitrogens with zero attached hydrogens (tertiary/aromatic N) is 1. The first-order chi connectivity index (χ1) is 8.33. The van der Waals surface area contributed by atoms with Gasteiger partial charge in [0.25, 0.3) is 0 Å². The van der Waals surface area contributed by atoms with Crippen molar-refractivity contribution in [2.24, 2.45) is 0 Å². The molecule has 17 heavy (non-hydrogen) atoms. The second-order valence-corrected chi connectivity index (χ2v) is 6.13. The Morgan fingerprint density at radius 1 is 1.53 bits per heavy atom. The third kappa shape index (κ3) is 2.51. The van der Waals surface area contributed by atoms with Crippen LogP contribution < -0.4 is 5.32 Å². The molecule has 1 N–H and O–H groups in total. The molecule has 3 nitrogen and oxygen atoms in total. The van der Waals surface area contributed by atoms with Crippen molar-refractivity contribution >= 4 is 38.8 Å². The third-order valence-corrected chi connectivity index (χ3v) is 4.59. The first-order valence-electron chi connectivity index (χ1n) is 5.68. The number of hydrogen-bond acceptors (Lipinski definition) is 4. The van der Waals surface area contributed by atoms with Crippen LogP contribution in [0.25, 0.3) is 11.1 Å². The first kappa shape index (κ1) is 11.6. The van der Waals surface area contributed by atoms with E-state index in [1.165, 1.54) is 5.75 Å². The lowest BCUT2D eigenvalue weighted by molar-refractivity contribution is 0.468. The Kier molecular flexibility index (Phi) is 3.40. The van der Waals surface area contributed by atoms with Gasteiger partial charge in [-0.05, 0) is 28.1 Å². The second kappa shape index (κ2) is 5.00. The number of benzene rings is 1. The lowest BCUT2D eigenvalue weighted by Crippen LogP contribution is -2.38. The lowest BCUT2D eigenvalue weighted by atomic mass is 10.2. The Balaban J connectivity index is 1.83. The van der Waals surface area contributed by atoms with Crippen LogP contribution in [0.1, 0.15) is 5.89 Å². The zero-order valence-corrected chi connectivity index (χ0v) is 11.7. The summed E-state index contributed by atoms with van der Waals surface area (Å²) in [6, 6.07) is 6.43. The highest BCUT2D eigenvalue weighted by Gasteiger charge is 2.17. The third-order valence-electron chi connectivity index (χ3n) is 2.83. The molecule has 0 saturated carbocycles. The fourth-order valence-corrected chi connectivity index (χ4v) is 3.40. The van der Waals surface area contributed by atoms with Crippen molar-refractivity contribution in [2.75, 3.05) is 18.1 Å². The average Bonchev–Trinajstić information content (AvgIpc) is 2.74. The van der Waals surface area contributed by atoms with E-state index >= 15 is 0 Å². The summed E-state index contributed by atoms with van der Waals surface area (Å²) in [5.74, 6) is 3.17. The molecule has 1 aliphatic rings. The Morgan fingerprint density at radius 3 is 3.24 bits per heavy atom. The van der Waals surface area contributed by atoms with E-state index < -0.39 is 0 Å². The van der Waals surface area contributed by atoms with E-state index in [2.05, 4.69) is 26.2 Å². The quantitative estimate of drug-likeness (QED) is 0.925. The minimum atomic E-state index is 0.487. The molecule has 2 heterocycles. The number of aromatic nitrogens is 1. The molecule has 1 unspecified atom stereocenters. The highest BCUT2D eigenvalue weighted by molar-refractivity contribution is 9.10. The standard InChI is InChI=1S/C12H13BrN2OS/c13-9-2-1-3-10-12(9)16-11(15-10)6-8-7-17-5-4-14-8/h1-3,8,14H,4-7H2. The number of halogens is 1. The minimum absolute atomic E-state index is 0.487. The van der Waals surface area contributed by atoms with Gasteiger partial charge in [-0.2, -0.15) is 11.8 Å². The van der Waals surface area contributed by atoms with Gasteiger partial charge in [0.1, 0.15) is 5.52 Å². The predicted molar refractivity (Wildman–Crippen MR) is 74.5 cm³/mol. The number of para-hydroxylation sites is 1. The fraction of sp³-hybridized carbons (Fsp3) is 0.417. The number of fused-ring (bicyclic) bond motifs is 1. The van der Waals surface area contributed by atoms with Gasteiger partial charge in [0, 0.05) is 30.5 Å². The molecule has 0 radical (unpaired) electrons. The van der Waals surface area contributed by atoms with Gasteiger partial charge >= 0.3 is 0 Å². The van der Waals surface area contributed by atoms with Crippen LogP contribution in [0.5, 0.6) is 0 Å². The summed E-state index contributed by atoms with van der Waals surface area (Å²) < 4.78 is 6.77. The van der Waals surface area contributed by atoms with Gasteiger partial charge in [-0.1, -0.05) is 6.07 Å². The molecule has 0 bridgehead atoms. The van der Waals surface area contributed by atoms with E-state index in [9.17, 15) is 0 Å². The Hall–Kier alpha value is -0.520. The minimum Gasteiger partial charge on any atom is -0.439 e. The molecule has 1 aliphatic heterocycles. The molecular formula is C12H13BrN2OS. The summed E-state index contributed by atoms with van der Waals surface area (Å²) in [6.07, 6.45) is 0.869. The van der Waals surface area contributed by atoms with Crippen molar-refractivity contribution in [3.63, 3.8) is 0 Å². The smallest absolute Gasteiger partial charge is 0.197 e. The maximum Gasteiger partial charge on any atom is 0.197 e. The molecule has 1 atom stereocenters. The SMILES string of the molecule is Brc1cccc2nc(CC3CSCCN3)oc12. The van der Waals surface area contributed by atoms with Crippen LogP contribution in [0.2, 0.25) is 0 Å². The van der Waals surface area contributed by atoms with E-state index in [0.29, 0.717) is 6.04 Å². The molecule has 1 aromatic carbocycles. The molecule has 1 saturated heterocycles. The molecule has 0 spiro atoms. The van der Waals surface area contributed by atoms with Crippen molar-refractivity contribution in [1.82, 2.24) is 10.3 Å². The van der Waals surface area contributed by atoms with Crippen molar-refractivity contribution in [3.05, 3.63) is 28.6 Å². The van der Waals surface area contributed by atoms with E-state index in [-0.39, 0.29) is 0 Å². The molecule has 1 fully saturated rings. The topological polar surface area (TPSA) is 38.1 Å². The lowest BCUT2D eigenvalue weighted by Gasteiger charge is -2.21. The van der Waals surface area contributed by atoms with Crippen LogP contribution in [0.15, 0.2) is 27.1 Å². The Morgan fingerprint density at radius 2 is 2.47 bits per heavy atom. The number of thioether (sulfide) groups is 1. The normalized spacial score (nSPS) is 20.9. The number of rotatable bonds is 2. The van der Waals surface area contributed by atoms with Gasteiger partial charge < -0.3 is 9.73 Å². The Bertz CT molecular complexity index is 522. The summed E-state index contributed by atoms with van der Waals surface area (Å²) in [7, 11) is 0. The molecular weight excluding hydrogens is 300 g/mol. The molecule has 0 aliphatic carbocycles. The van der Waals surface area contributed by atoms with E-state index in [0.717, 1.165) is 40.2 Å². The molecule has 2 aromatic rings. The van der Waals surface area contributed by atoms with Gasteiger partial charge in [0.15, 0.2) is 11.5 Å². The van der Waals surface area contributed by atoms with E-state index in [1.807, 2.05) is 30.0 Å². The largest absolute Gasteiger partial charge is 0.439 e. The van der Waals surface area contributed by atoms with Gasteiger partial charge in [-0.15, -0.1) is 0 Å². The van der Waals surface area contributed by atoms with Crippen LogP contribution in [-0.2, 0) is 6.42 Å². The highest BCUT2D eigenvalue weighted by Crippen LogP contribution is 2.25. The number of oxazole rings is 1. The summed E-state index contributed by atoms with van der Waals surface area (Å²) in [6.45, 7) is 1.08. The van der Waals surface area contributed by atoms with Gasteiger partial charge in [0.05, 0.1) is 4.47 Å². The fourth-order valence-electron chi connectivity index (χ4n) is 2.01. The average molecular weight is 313 g/mol. The van der Waals surface area contributed by atoms with Crippen molar-refractivity contribution in [3.8, 4) is 0 Å². The molecule has 0 amide bonds. The zero-order chi connectivity index (χ0) is 11.7. The summed E-state index contributed by atoms with van der Waals surface area (Å²) >= 11 is 5.47. The Labute approximate surface area is 112 Å². The van der Waals surface area contributed by atoms with E-state index in [1.54, 1.807) is 0 Å². The molecule has 90 valence electrons. The monoisotopic (exact) mass is 312 g/mol. The van der Waals surface area contributed by atoms with Crippen molar-refractivity contribution in [2.45, 2.75) is 12.5 Å². The van der Waals surface area contributed by atoms with Crippen LogP contribution in [0, 0.1) is 0 Å². The van der Waals surface area contributed by atoms with Gasteiger partial charge in [0.2, 0.25) is 0 Å². The molecule has 5 heteroatoms. The summed E-state index contributed by atoms with van der Waals surface area (Å²) in [5, 5.41) is 3.49. The number of nitrogens with one attached hydrogen (secondary N) is 1. The molecule has 1 aromatic heterocycles. The van der Waals surface area contributed by atoms with E-state index in [4.69, 9.17) is 4.42 Å². The van der Waals surface area contributed by atoms with Crippen LogP contribution in [0.3, 0.4) is 0 Å². The molecule has 3 rings (SSSR count). The zero-order valence-electron chi connectivity index (χ0n) is 9.28. The highest BCUT2D eigenvalue weighted by atomic mass is 79.9. The second-order valence-electron chi connectivity index (χ2n) is 4.13. The van der Waals surface area contributed by atoms with Gasteiger partial charge in [-0.25, -0.2) is 4.98 Å².